The van der Waals surface area contributed by atoms with E-state index in [9.17, 15) is 9.18 Å². The highest BCUT2D eigenvalue weighted by molar-refractivity contribution is 7.99. The van der Waals surface area contributed by atoms with Crippen LogP contribution in [-0.4, -0.2) is 26.4 Å². The number of hydrogen-bond acceptors (Lipinski definition) is 5. The second-order valence-corrected chi connectivity index (χ2v) is 8.20. The molecule has 0 aliphatic carbocycles. The summed E-state index contributed by atoms with van der Waals surface area (Å²) >= 11 is 1.28. The molecule has 0 bridgehead atoms. The minimum atomic E-state index is -0.573. The molecular formula is C25H23FN4O2S. The number of nitrogens with one attached hydrogen (secondary N) is 1. The molecule has 0 saturated heterocycles. The third-order valence-electron chi connectivity index (χ3n) is 4.84. The van der Waals surface area contributed by atoms with E-state index in [0.29, 0.717) is 17.5 Å². The molecule has 3 aromatic carbocycles. The second-order valence-electron chi connectivity index (χ2n) is 7.25. The first kappa shape index (κ1) is 22.5. The Labute approximate surface area is 195 Å². The van der Waals surface area contributed by atoms with Gasteiger partial charge in [0, 0.05) is 12.2 Å². The van der Waals surface area contributed by atoms with Crippen molar-refractivity contribution in [2.45, 2.75) is 24.7 Å². The lowest BCUT2D eigenvalue weighted by Gasteiger charge is -2.17. The summed E-state index contributed by atoms with van der Waals surface area (Å²) in [6, 6.07) is 25.5. The molecule has 0 aliphatic heterocycles. The van der Waals surface area contributed by atoms with Gasteiger partial charge in [-0.25, -0.2) is 4.39 Å². The lowest BCUT2D eigenvalue weighted by Crippen LogP contribution is -2.24. The molecular weight excluding hydrogens is 439 g/mol. The van der Waals surface area contributed by atoms with Crippen molar-refractivity contribution >= 4 is 17.7 Å². The van der Waals surface area contributed by atoms with E-state index in [0.717, 1.165) is 11.3 Å². The molecule has 1 N–H and O–H groups in total. The largest absolute Gasteiger partial charge is 0.480 e. The molecule has 0 spiro atoms. The lowest BCUT2D eigenvalue weighted by molar-refractivity contribution is -0.118. The summed E-state index contributed by atoms with van der Waals surface area (Å²) < 4.78 is 21.7. The van der Waals surface area contributed by atoms with Gasteiger partial charge in [-0.3, -0.25) is 9.36 Å². The van der Waals surface area contributed by atoms with E-state index in [4.69, 9.17) is 4.74 Å². The molecule has 1 heterocycles. The van der Waals surface area contributed by atoms with E-state index in [2.05, 4.69) is 15.5 Å². The Balaban J connectivity index is 1.50. The second kappa shape index (κ2) is 10.8. The van der Waals surface area contributed by atoms with E-state index >= 15 is 0 Å². The lowest BCUT2D eigenvalue weighted by atomic mass is 10.2. The van der Waals surface area contributed by atoms with Gasteiger partial charge in [-0.15, -0.1) is 10.2 Å². The number of rotatable bonds is 9. The van der Waals surface area contributed by atoms with Crippen LogP contribution in [0.25, 0.3) is 5.69 Å². The van der Waals surface area contributed by atoms with E-state index < -0.39 is 11.9 Å². The Bertz CT molecular complexity index is 1200. The number of amides is 1. The zero-order chi connectivity index (χ0) is 23.0. The van der Waals surface area contributed by atoms with Crippen LogP contribution >= 0.6 is 11.8 Å². The Morgan fingerprint density at radius 1 is 1.00 bits per heavy atom. The quantitative estimate of drug-likeness (QED) is 0.356. The minimum Gasteiger partial charge on any atom is -0.480 e. The van der Waals surface area contributed by atoms with Gasteiger partial charge in [0.05, 0.1) is 5.75 Å². The number of thioether (sulfide) groups is 1. The number of nitrogens with zero attached hydrogens (tertiary/aromatic N) is 3. The molecule has 1 aromatic heterocycles. The van der Waals surface area contributed by atoms with E-state index in [1.807, 2.05) is 65.2 Å². The summed E-state index contributed by atoms with van der Waals surface area (Å²) in [5.74, 6) is 0.280. The Morgan fingerprint density at radius 3 is 2.39 bits per heavy atom. The van der Waals surface area contributed by atoms with E-state index in [-0.39, 0.29) is 17.4 Å². The summed E-state index contributed by atoms with van der Waals surface area (Å²) in [5.41, 5.74) is 1.86. The number of carbonyl (C=O) groups is 1. The van der Waals surface area contributed by atoms with Gasteiger partial charge in [-0.2, -0.15) is 0 Å². The number of halogens is 1. The smallest absolute Gasteiger partial charge is 0.230 e. The van der Waals surface area contributed by atoms with Crippen LogP contribution in [0.3, 0.4) is 0 Å². The standard InChI is InChI=1S/C25H23FN4O2S/c1-18(32-22-15-9-8-14-21(22)26)24-28-29-25(30(24)20-12-6-3-7-13-20)33-17-23(31)27-16-19-10-4-2-5-11-19/h2-15,18H,16-17H2,1H3,(H,27,31). The van der Waals surface area contributed by atoms with Crippen LogP contribution in [0.2, 0.25) is 0 Å². The van der Waals surface area contributed by atoms with Crippen LogP contribution in [0.5, 0.6) is 5.75 Å². The van der Waals surface area contributed by atoms with Crippen LogP contribution in [0, 0.1) is 5.82 Å². The Hall–Kier alpha value is -3.65. The molecule has 6 nitrogen and oxygen atoms in total. The minimum absolute atomic E-state index is 0.108. The summed E-state index contributed by atoms with van der Waals surface area (Å²) in [7, 11) is 0. The van der Waals surface area contributed by atoms with Crippen molar-refractivity contribution in [2.24, 2.45) is 0 Å². The zero-order valence-electron chi connectivity index (χ0n) is 18.0. The molecule has 8 heteroatoms. The van der Waals surface area contributed by atoms with E-state index in [1.54, 1.807) is 25.1 Å². The highest BCUT2D eigenvalue weighted by Crippen LogP contribution is 2.28. The molecule has 168 valence electrons. The maximum Gasteiger partial charge on any atom is 0.230 e. The third kappa shape index (κ3) is 5.78. The maximum absolute atomic E-state index is 14.1. The van der Waals surface area contributed by atoms with Gasteiger partial charge < -0.3 is 10.1 Å². The van der Waals surface area contributed by atoms with Gasteiger partial charge in [0.25, 0.3) is 0 Å². The first-order valence-corrected chi connectivity index (χ1v) is 11.5. The monoisotopic (exact) mass is 462 g/mol. The van der Waals surface area contributed by atoms with Crippen LogP contribution in [0.1, 0.15) is 24.4 Å². The van der Waals surface area contributed by atoms with Crippen molar-refractivity contribution in [3.8, 4) is 11.4 Å². The van der Waals surface area contributed by atoms with Gasteiger partial charge in [-0.05, 0) is 36.8 Å². The Morgan fingerprint density at radius 2 is 1.67 bits per heavy atom. The molecule has 4 aromatic rings. The number of hydrogen-bond donors (Lipinski definition) is 1. The van der Waals surface area contributed by atoms with Crippen LogP contribution < -0.4 is 10.1 Å². The first-order chi connectivity index (χ1) is 16.1. The number of ether oxygens (including phenoxy) is 1. The van der Waals surface area contributed by atoms with Crippen molar-refractivity contribution in [3.05, 3.63) is 102 Å². The van der Waals surface area contributed by atoms with Crippen LogP contribution in [-0.2, 0) is 11.3 Å². The summed E-state index contributed by atoms with van der Waals surface area (Å²) in [4.78, 5) is 12.4. The predicted molar refractivity (Wildman–Crippen MR) is 126 cm³/mol. The van der Waals surface area contributed by atoms with E-state index in [1.165, 1.54) is 17.8 Å². The molecule has 1 atom stereocenters. The predicted octanol–water partition coefficient (Wildman–Crippen LogP) is 4.95. The van der Waals surface area contributed by atoms with Crippen molar-refractivity contribution in [3.63, 3.8) is 0 Å². The van der Waals surface area contributed by atoms with Gasteiger partial charge in [0.1, 0.15) is 0 Å². The topological polar surface area (TPSA) is 69.0 Å². The first-order valence-electron chi connectivity index (χ1n) is 10.5. The zero-order valence-corrected chi connectivity index (χ0v) is 18.8. The molecule has 0 radical (unpaired) electrons. The fourth-order valence-electron chi connectivity index (χ4n) is 3.22. The average molecular weight is 463 g/mol. The molecule has 0 aliphatic rings. The highest BCUT2D eigenvalue weighted by Gasteiger charge is 2.22. The molecule has 1 unspecified atom stereocenters. The van der Waals surface area contributed by atoms with Gasteiger partial charge in [-0.1, -0.05) is 72.4 Å². The third-order valence-corrected chi connectivity index (χ3v) is 5.77. The number of benzene rings is 3. The Kier molecular flexibility index (Phi) is 7.36. The van der Waals surface area contributed by atoms with Crippen LogP contribution in [0.15, 0.2) is 90.1 Å². The summed E-state index contributed by atoms with van der Waals surface area (Å²) in [6.07, 6.45) is -0.573. The molecule has 0 fully saturated rings. The fourth-order valence-corrected chi connectivity index (χ4v) is 4.01. The van der Waals surface area contributed by atoms with Crippen molar-refractivity contribution in [1.82, 2.24) is 20.1 Å². The average Bonchev–Trinajstić information content (AvgIpc) is 3.28. The number of aromatic nitrogens is 3. The molecule has 0 saturated carbocycles. The maximum atomic E-state index is 14.1. The van der Waals surface area contributed by atoms with Crippen molar-refractivity contribution in [1.29, 1.82) is 0 Å². The van der Waals surface area contributed by atoms with Gasteiger partial charge in [0.2, 0.25) is 5.91 Å². The SMILES string of the molecule is CC(Oc1ccccc1F)c1nnc(SCC(=O)NCc2ccccc2)n1-c1ccccc1. The van der Waals surface area contributed by atoms with Gasteiger partial charge >= 0.3 is 0 Å². The molecule has 33 heavy (non-hydrogen) atoms. The van der Waals surface area contributed by atoms with Crippen molar-refractivity contribution in [2.75, 3.05) is 5.75 Å². The summed E-state index contributed by atoms with van der Waals surface area (Å²) in [5, 5.41) is 12.1. The normalized spacial score (nSPS) is 11.7. The molecule has 1 amide bonds. The number of para-hydroxylation sites is 2. The fraction of sp³-hybridized carbons (Fsp3) is 0.160. The summed E-state index contributed by atoms with van der Waals surface area (Å²) in [6.45, 7) is 2.25. The van der Waals surface area contributed by atoms with Gasteiger partial charge in [0.15, 0.2) is 28.7 Å². The van der Waals surface area contributed by atoms with Crippen molar-refractivity contribution < 1.29 is 13.9 Å². The number of carbonyl (C=O) groups excluding carboxylic acids is 1. The van der Waals surface area contributed by atoms with Crippen LogP contribution in [0.4, 0.5) is 4.39 Å². The molecule has 4 rings (SSSR count). The highest BCUT2D eigenvalue weighted by atomic mass is 32.2.